The Morgan fingerprint density at radius 3 is 3.00 bits per heavy atom. The molecule has 0 bridgehead atoms. The van der Waals surface area contributed by atoms with Crippen LogP contribution >= 0.6 is 0 Å². The quantitative estimate of drug-likeness (QED) is 0.841. The van der Waals surface area contributed by atoms with Crippen LogP contribution in [0.1, 0.15) is 30.4 Å². The molecule has 0 aliphatic heterocycles. The first-order valence-corrected chi connectivity index (χ1v) is 6.34. The summed E-state index contributed by atoms with van der Waals surface area (Å²) in [6, 6.07) is 5.09. The second kappa shape index (κ2) is 5.61. The smallest absolute Gasteiger partial charge is 0.123 e. The summed E-state index contributed by atoms with van der Waals surface area (Å²) in [6.45, 7) is 0.331. The maximum Gasteiger partial charge on any atom is 0.123 e. The first-order valence-electron chi connectivity index (χ1n) is 6.34. The molecular formula is C14H20FNO. The minimum absolute atomic E-state index is 0.147. The Morgan fingerprint density at radius 2 is 2.24 bits per heavy atom. The average Bonchev–Trinajstić information content (AvgIpc) is 2.35. The van der Waals surface area contributed by atoms with E-state index in [-0.39, 0.29) is 11.9 Å². The molecule has 3 heteroatoms. The average molecular weight is 237 g/mol. The second-order valence-electron chi connectivity index (χ2n) is 4.99. The van der Waals surface area contributed by atoms with Crippen LogP contribution in [0.3, 0.4) is 0 Å². The molecule has 2 atom stereocenters. The lowest BCUT2D eigenvalue weighted by Gasteiger charge is -2.25. The van der Waals surface area contributed by atoms with Crippen molar-refractivity contribution >= 4 is 0 Å². The fourth-order valence-electron chi connectivity index (χ4n) is 2.59. The van der Waals surface area contributed by atoms with Crippen molar-refractivity contribution in [2.75, 3.05) is 6.54 Å². The molecular weight excluding hydrogens is 217 g/mol. The molecule has 2 rings (SSSR count). The standard InChI is InChI=1S/C14H20FNO/c15-13-5-4-11-3-1-10(7-12(11)8-13)2-6-14(17)9-16/h4-5,8,10,14,17H,1-3,6-7,9,16H2. The lowest BCUT2D eigenvalue weighted by molar-refractivity contribution is 0.160. The van der Waals surface area contributed by atoms with Crippen molar-refractivity contribution in [2.24, 2.45) is 11.7 Å². The van der Waals surface area contributed by atoms with Gasteiger partial charge >= 0.3 is 0 Å². The maximum atomic E-state index is 13.1. The summed E-state index contributed by atoms with van der Waals surface area (Å²) in [6.07, 6.45) is 4.45. The number of aryl methyl sites for hydroxylation is 1. The van der Waals surface area contributed by atoms with Gasteiger partial charge < -0.3 is 10.8 Å². The molecule has 0 saturated carbocycles. The van der Waals surface area contributed by atoms with E-state index >= 15 is 0 Å². The van der Waals surface area contributed by atoms with E-state index in [2.05, 4.69) is 0 Å². The fourth-order valence-corrected chi connectivity index (χ4v) is 2.59. The number of rotatable bonds is 4. The van der Waals surface area contributed by atoms with E-state index in [1.54, 1.807) is 6.07 Å². The van der Waals surface area contributed by atoms with E-state index < -0.39 is 0 Å². The van der Waals surface area contributed by atoms with Crippen LogP contribution in [0, 0.1) is 11.7 Å². The number of aliphatic hydroxyl groups excluding tert-OH is 1. The summed E-state index contributed by atoms with van der Waals surface area (Å²) in [5.74, 6) is 0.414. The van der Waals surface area contributed by atoms with Crippen molar-refractivity contribution in [3.63, 3.8) is 0 Å². The summed E-state index contributed by atoms with van der Waals surface area (Å²) in [5.41, 5.74) is 7.81. The molecule has 1 aromatic carbocycles. The number of aliphatic hydroxyl groups is 1. The van der Waals surface area contributed by atoms with Crippen LogP contribution in [0.5, 0.6) is 0 Å². The maximum absolute atomic E-state index is 13.1. The highest BCUT2D eigenvalue weighted by Crippen LogP contribution is 2.29. The highest BCUT2D eigenvalue weighted by atomic mass is 19.1. The zero-order valence-corrected chi connectivity index (χ0v) is 10.0. The number of halogens is 1. The first-order chi connectivity index (χ1) is 8.19. The van der Waals surface area contributed by atoms with Crippen LogP contribution in [0.25, 0.3) is 0 Å². The summed E-state index contributed by atoms with van der Waals surface area (Å²) in [7, 11) is 0. The van der Waals surface area contributed by atoms with Crippen LogP contribution in [-0.2, 0) is 12.8 Å². The van der Waals surface area contributed by atoms with Gasteiger partial charge in [0.05, 0.1) is 6.10 Å². The van der Waals surface area contributed by atoms with Crippen molar-refractivity contribution in [2.45, 2.75) is 38.2 Å². The topological polar surface area (TPSA) is 46.2 Å². The van der Waals surface area contributed by atoms with Crippen LogP contribution in [0.2, 0.25) is 0 Å². The van der Waals surface area contributed by atoms with Gasteiger partial charge in [-0.3, -0.25) is 0 Å². The van der Waals surface area contributed by atoms with Gasteiger partial charge in [-0.15, -0.1) is 0 Å². The highest BCUT2D eigenvalue weighted by Gasteiger charge is 2.19. The zero-order chi connectivity index (χ0) is 12.3. The predicted molar refractivity (Wildman–Crippen MR) is 66.2 cm³/mol. The Balaban J connectivity index is 1.93. The van der Waals surface area contributed by atoms with Gasteiger partial charge in [-0.1, -0.05) is 6.07 Å². The minimum Gasteiger partial charge on any atom is -0.392 e. The van der Waals surface area contributed by atoms with Gasteiger partial charge in [0, 0.05) is 6.54 Å². The van der Waals surface area contributed by atoms with Crippen molar-refractivity contribution in [1.29, 1.82) is 0 Å². The molecule has 1 aliphatic carbocycles. The van der Waals surface area contributed by atoms with Gasteiger partial charge in [-0.25, -0.2) is 4.39 Å². The molecule has 94 valence electrons. The molecule has 0 spiro atoms. The molecule has 3 N–H and O–H groups in total. The molecule has 2 unspecified atom stereocenters. The summed E-state index contributed by atoms with van der Waals surface area (Å²) in [4.78, 5) is 0. The van der Waals surface area contributed by atoms with Gasteiger partial charge in [0.2, 0.25) is 0 Å². The second-order valence-corrected chi connectivity index (χ2v) is 4.99. The molecule has 0 aromatic heterocycles. The third kappa shape index (κ3) is 3.27. The number of hydrogen-bond donors (Lipinski definition) is 2. The molecule has 1 aliphatic rings. The van der Waals surface area contributed by atoms with Crippen LogP contribution in [0.4, 0.5) is 4.39 Å². The first kappa shape index (κ1) is 12.5. The molecule has 0 fully saturated rings. The van der Waals surface area contributed by atoms with Crippen molar-refractivity contribution in [1.82, 2.24) is 0 Å². The lowest BCUT2D eigenvalue weighted by atomic mass is 9.81. The van der Waals surface area contributed by atoms with Crippen LogP contribution < -0.4 is 5.73 Å². The number of hydrogen-bond acceptors (Lipinski definition) is 2. The third-order valence-corrected chi connectivity index (χ3v) is 3.68. The zero-order valence-electron chi connectivity index (χ0n) is 10.0. The molecule has 0 amide bonds. The molecule has 17 heavy (non-hydrogen) atoms. The van der Waals surface area contributed by atoms with Gasteiger partial charge in [-0.05, 0) is 61.3 Å². The summed E-state index contributed by atoms with van der Waals surface area (Å²) >= 11 is 0. The molecule has 0 radical (unpaired) electrons. The number of nitrogens with two attached hydrogens (primary N) is 1. The Morgan fingerprint density at radius 1 is 1.41 bits per heavy atom. The SMILES string of the molecule is NCC(O)CCC1CCc2ccc(F)cc2C1. The van der Waals surface area contributed by atoms with Crippen LogP contribution in [0.15, 0.2) is 18.2 Å². The Hall–Kier alpha value is -0.930. The highest BCUT2D eigenvalue weighted by molar-refractivity contribution is 5.30. The molecule has 1 aromatic rings. The Labute approximate surface area is 102 Å². The molecule has 0 saturated heterocycles. The van der Waals surface area contributed by atoms with Gasteiger partial charge in [0.15, 0.2) is 0 Å². The summed E-state index contributed by atoms with van der Waals surface area (Å²) < 4.78 is 13.1. The van der Waals surface area contributed by atoms with Crippen molar-refractivity contribution in [3.05, 3.63) is 35.1 Å². The van der Waals surface area contributed by atoms with Gasteiger partial charge in [0.1, 0.15) is 5.82 Å². The normalized spacial score (nSPS) is 21.0. The van der Waals surface area contributed by atoms with E-state index in [1.807, 2.05) is 6.07 Å². The van der Waals surface area contributed by atoms with E-state index in [4.69, 9.17) is 5.73 Å². The number of fused-ring (bicyclic) bond motifs is 1. The van der Waals surface area contributed by atoms with Crippen molar-refractivity contribution in [3.8, 4) is 0 Å². The largest absolute Gasteiger partial charge is 0.392 e. The Kier molecular flexibility index (Phi) is 4.13. The summed E-state index contributed by atoms with van der Waals surface area (Å²) in [5, 5.41) is 9.44. The van der Waals surface area contributed by atoms with Crippen molar-refractivity contribution < 1.29 is 9.50 Å². The molecule has 2 nitrogen and oxygen atoms in total. The van der Waals surface area contributed by atoms with Gasteiger partial charge in [-0.2, -0.15) is 0 Å². The van der Waals surface area contributed by atoms with E-state index in [0.717, 1.165) is 37.7 Å². The minimum atomic E-state index is -0.385. The van der Waals surface area contributed by atoms with E-state index in [9.17, 15) is 9.50 Å². The van der Waals surface area contributed by atoms with E-state index in [0.29, 0.717) is 12.5 Å². The fraction of sp³-hybridized carbons (Fsp3) is 0.571. The monoisotopic (exact) mass is 237 g/mol. The number of benzene rings is 1. The molecule has 0 heterocycles. The van der Waals surface area contributed by atoms with Gasteiger partial charge in [0.25, 0.3) is 0 Å². The third-order valence-electron chi connectivity index (χ3n) is 3.68. The van der Waals surface area contributed by atoms with Crippen LogP contribution in [-0.4, -0.2) is 17.8 Å². The predicted octanol–water partition coefficient (Wildman–Crippen LogP) is 2.03. The lowest BCUT2D eigenvalue weighted by Crippen LogP contribution is -2.22. The Bertz CT molecular complexity index is 380. The van der Waals surface area contributed by atoms with E-state index in [1.165, 1.54) is 11.6 Å².